The number of sulfonamides is 1. The highest BCUT2D eigenvalue weighted by atomic mass is 32.2. The maximum Gasteiger partial charge on any atom is 0.243 e. The number of aliphatic hydroxyl groups excluding tert-OH is 1. The average molecular weight is 285 g/mol. The van der Waals surface area contributed by atoms with E-state index >= 15 is 0 Å². The Morgan fingerprint density at radius 1 is 1.42 bits per heavy atom. The van der Waals surface area contributed by atoms with Crippen LogP contribution in [0, 0.1) is 0 Å². The Labute approximate surface area is 113 Å². The molecule has 0 radical (unpaired) electrons. The number of β-amino-alcohol motifs (C(OH)–C–C–N with tert-alkyl or cyclic N) is 1. The van der Waals surface area contributed by atoms with Crippen LogP contribution in [0.4, 0.5) is 0 Å². The number of hydrogen-bond acceptors (Lipinski definition) is 4. The van der Waals surface area contributed by atoms with Gasteiger partial charge in [-0.3, -0.25) is 0 Å². The van der Waals surface area contributed by atoms with Crippen LogP contribution >= 0.6 is 0 Å². The summed E-state index contributed by atoms with van der Waals surface area (Å²) in [6, 6.07) is 6.51. The lowest BCUT2D eigenvalue weighted by molar-refractivity contribution is 0.0548. The smallest absolute Gasteiger partial charge is 0.243 e. The molecule has 1 aromatic carbocycles. The lowest BCUT2D eigenvalue weighted by atomic mass is 10.2. The molecule has 1 saturated heterocycles. The van der Waals surface area contributed by atoms with Crippen molar-refractivity contribution in [3.63, 3.8) is 0 Å². The van der Waals surface area contributed by atoms with E-state index in [1.807, 2.05) is 0 Å². The zero-order chi connectivity index (χ0) is 13.9. The van der Waals surface area contributed by atoms with E-state index in [0.29, 0.717) is 12.4 Å². The first kappa shape index (κ1) is 14.3. The summed E-state index contributed by atoms with van der Waals surface area (Å²) in [5.74, 6) is 0.565. The van der Waals surface area contributed by atoms with E-state index in [0.717, 1.165) is 12.8 Å². The van der Waals surface area contributed by atoms with Gasteiger partial charge in [-0.05, 0) is 18.6 Å². The molecular weight excluding hydrogens is 266 g/mol. The minimum atomic E-state index is -3.49. The Morgan fingerprint density at radius 3 is 2.79 bits per heavy atom. The molecule has 5 nitrogen and oxygen atoms in total. The van der Waals surface area contributed by atoms with Gasteiger partial charge < -0.3 is 9.84 Å². The van der Waals surface area contributed by atoms with Gasteiger partial charge >= 0.3 is 0 Å². The van der Waals surface area contributed by atoms with E-state index in [2.05, 4.69) is 6.92 Å². The van der Waals surface area contributed by atoms with Crippen molar-refractivity contribution in [2.24, 2.45) is 0 Å². The Bertz CT molecular complexity index is 523. The van der Waals surface area contributed by atoms with Crippen molar-refractivity contribution in [1.82, 2.24) is 4.31 Å². The van der Waals surface area contributed by atoms with Crippen LogP contribution < -0.4 is 4.74 Å². The van der Waals surface area contributed by atoms with Gasteiger partial charge in [-0.1, -0.05) is 19.4 Å². The van der Waals surface area contributed by atoms with Gasteiger partial charge in [-0.15, -0.1) is 0 Å². The highest BCUT2D eigenvalue weighted by Crippen LogP contribution is 2.24. The van der Waals surface area contributed by atoms with Gasteiger partial charge in [0, 0.05) is 19.2 Å². The van der Waals surface area contributed by atoms with Crippen molar-refractivity contribution in [2.45, 2.75) is 30.8 Å². The highest BCUT2D eigenvalue weighted by Gasteiger charge is 2.35. The van der Waals surface area contributed by atoms with E-state index in [1.165, 1.54) is 10.4 Å². The third-order valence-electron chi connectivity index (χ3n) is 3.04. The first-order valence-electron chi connectivity index (χ1n) is 6.45. The van der Waals surface area contributed by atoms with E-state index in [9.17, 15) is 13.5 Å². The summed E-state index contributed by atoms with van der Waals surface area (Å²) in [7, 11) is -3.49. The topological polar surface area (TPSA) is 66.8 Å². The summed E-state index contributed by atoms with van der Waals surface area (Å²) < 4.78 is 31.2. The fourth-order valence-corrected chi connectivity index (χ4v) is 3.37. The summed E-state index contributed by atoms with van der Waals surface area (Å²) in [6.45, 7) is 2.99. The SMILES string of the molecule is CCCCOc1cccc(S(=O)(=O)N2CC(O)C2)c1. The summed E-state index contributed by atoms with van der Waals surface area (Å²) in [6.07, 6.45) is 1.43. The molecule has 0 saturated carbocycles. The van der Waals surface area contributed by atoms with Crippen LogP contribution in [0.2, 0.25) is 0 Å². The second kappa shape index (κ2) is 5.90. The van der Waals surface area contributed by atoms with Gasteiger partial charge in [0.2, 0.25) is 10.0 Å². The molecule has 0 atom stereocenters. The largest absolute Gasteiger partial charge is 0.494 e. The third-order valence-corrected chi connectivity index (χ3v) is 4.87. The van der Waals surface area contributed by atoms with Crippen LogP contribution in [0.25, 0.3) is 0 Å². The third kappa shape index (κ3) is 3.26. The van der Waals surface area contributed by atoms with E-state index in [-0.39, 0.29) is 18.0 Å². The molecule has 0 aliphatic carbocycles. The molecule has 2 rings (SSSR count). The van der Waals surface area contributed by atoms with Crippen LogP contribution in [-0.2, 0) is 10.0 Å². The number of nitrogens with zero attached hydrogens (tertiary/aromatic N) is 1. The zero-order valence-corrected chi connectivity index (χ0v) is 11.8. The van der Waals surface area contributed by atoms with Crippen molar-refractivity contribution >= 4 is 10.0 Å². The standard InChI is InChI=1S/C13H19NO4S/c1-2-3-7-18-12-5-4-6-13(8-12)19(16,17)14-9-11(15)10-14/h4-6,8,11,15H,2-3,7,9-10H2,1H3. The maximum atomic E-state index is 12.2. The minimum Gasteiger partial charge on any atom is -0.494 e. The van der Waals surface area contributed by atoms with Gasteiger partial charge in [0.05, 0.1) is 17.6 Å². The van der Waals surface area contributed by atoms with Crippen molar-refractivity contribution in [1.29, 1.82) is 0 Å². The summed E-state index contributed by atoms with van der Waals surface area (Å²) in [5, 5.41) is 9.20. The summed E-state index contributed by atoms with van der Waals surface area (Å²) >= 11 is 0. The molecule has 0 aromatic heterocycles. The molecule has 1 fully saturated rings. The monoisotopic (exact) mass is 285 g/mol. The van der Waals surface area contributed by atoms with Crippen molar-refractivity contribution < 1.29 is 18.3 Å². The predicted octanol–water partition coefficient (Wildman–Crippen LogP) is 1.23. The molecule has 1 aliphatic heterocycles. The summed E-state index contributed by atoms with van der Waals surface area (Å²) in [4.78, 5) is 0.216. The first-order valence-corrected chi connectivity index (χ1v) is 7.89. The van der Waals surface area contributed by atoms with Crippen LogP contribution in [0.1, 0.15) is 19.8 Å². The summed E-state index contributed by atoms with van der Waals surface area (Å²) in [5.41, 5.74) is 0. The van der Waals surface area contributed by atoms with Gasteiger partial charge in [-0.25, -0.2) is 8.42 Å². The molecule has 1 aromatic rings. The van der Waals surface area contributed by atoms with E-state index < -0.39 is 16.1 Å². The molecule has 1 heterocycles. The second-order valence-corrected chi connectivity index (χ2v) is 6.59. The Balaban J connectivity index is 2.09. The number of aliphatic hydroxyl groups is 1. The minimum absolute atomic E-state index is 0.170. The fourth-order valence-electron chi connectivity index (χ4n) is 1.82. The lowest BCUT2D eigenvalue weighted by Gasteiger charge is -2.34. The average Bonchev–Trinajstić information content (AvgIpc) is 2.36. The molecule has 6 heteroatoms. The molecule has 0 amide bonds. The molecule has 19 heavy (non-hydrogen) atoms. The Hall–Kier alpha value is -1.11. The van der Waals surface area contributed by atoms with Gasteiger partial charge in [0.15, 0.2) is 0 Å². The molecule has 0 bridgehead atoms. The lowest BCUT2D eigenvalue weighted by Crippen LogP contribution is -2.53. The quantitative estimate of drug-likeness (QED) is 0.798. The number of hydrogen-bond donors (Lipinski definition) is 1. The Kier molecular flexibility index (Phi) is 4.44. The Morgan fingerprint density at radius 2 is 2.16 bits per heavy atom. The van der Waals surface area contributed by atoms with Crippen molar-refractivity contribution in [3.8, 4) is 5.75 Å². The second-order valence-electron chi connectivity index (χ2n) is 4.65. The van der Waals surface area contributed by atoms with Crippen LogP contribution in [-0.4, -0.2) is 43.6 Å². The van der Waals surface area contributed by atoms with E-state index in [4.69, 9.17) is 4.74 Å². The van der Waals surface area contributed by atoms with Gasteiger partial charge in [0.25, 0.3) is 0 Å². The van der Waals surface area contributed by atoms with Crippen LogP contribution in [0.15, 0.2) is 29.2 Å². The van der Waals surface area contributed by atoms with Crippen molar-refractivity contribution in [2.75, 3.05) is 19.7 Å². The predicted molar refractivity (Wildman–Crippen MR) is 71.6 cm³/mol. The first-order chi connectivity index (χ1) is 9.04. The van der Waals surface area contributed by atoms with Crippen LogP contribution in [0.3, 0.4) is 0 Å². The van der Waals surface area contributed by atoms with Crippen LogP contribution in [0.5, 0.6) is 5.75 Å². The molecule has 0 spiro atoms. The number of benzene rings is 1. The van der Waals surface area contributed by atoms with Gasteiger partial charge in [0.1, 0.15) is 5.75 Å². The van der Waals surface area contributed by atoms with Crippen molar-refractivity contribution in [3.05, 3.63) is 24.3 Å². The normalized spacial score (nSPS) is 17.2. The zero-order valence-electron chi connectivity index (χ0n) is 10.9. The van der Waals surface area contributed by atoms with E-state index in [1.54, 1.807) is 18.2 Å². The number of rotatable bonds is 6. The molecule has 1 aliphatic rings. The molecular formula is C13H19NO4S. The molecule has 106 valence electrons. The molecule has 0 unspecified atom stereocenters. The number of ether oxygens (including phenoxy) is 1. The fraction of sp³-hybridized carbons (Fsp3) is 0.538. The number of unbranched alkanes of at least 4 members (excludes halogenated alkanes) is 1. The maximum absolute atomic E-state index is 12.2. The molecule has 1 N–H and O–H groups in total. The van der Waals surface area contributed by atoms with Gasteiger partial charge in [-0.2, -0.15) is 4.31 Å². The highest BCUT2D eigenvalue weighted by molar-refractivity contribution is 7.89.